The van der Waals surface area contributed by atoms with E-state index in [0.29, 0.717) is 0 Å². The molecule has 0 unspecified atom stereocenters. The minimum absolute atomic E-state index is 0.885. The fourth-order valence-electron chi connectivity index (χ4n) is 2.09. The molecule has 1 heterocycles. The van der Waals surface area contributed by atoms with Gasteiger partial charge in [0, 0.05) is 26.2 Å². The molecule has 2 nitrogen and oxygen atoms in total. The highest BCUT2D eigenvalue weighted by Crippen LogP contribution is 2.30. The molecule has 3 heteroatoms. The Morgan fingerprint density at radius 2 is 2.07 bits per heavy atom. The Morgan fingerprint density at radius 3 is 2.73 bits per heavy atom. The molecule has 0 atom stereocenters. The van der Waals surface area contributed by atoms with Crippen LogP contribution in [0.2, 0.25) is 5.02 Å². The minimum atomic E-state index is 0.885. The lowest BCUT2D eigenvalue weighted by atomic mass is 10.1. The lowest BCUT2D eigenvalue weighted by molar-refractivity contribution is 0.588. The van der Waals surface area contributed by atoms with Crippen molar-refractivity contribution in [3.05, 3.63) is 28.8 Å². The zero-order valence-electron chi connectivity index (χ0n) is 9.09. The van der Waals surface area contributed by atoms with Gasteiger partial charge in [-0.1, -0.05) is 30.7 Å². The van der Waals surface area contributed by atoms with E-state index in [2.05, 4.69) is 23.2 Å². The third kappa shape index (κ3) is 2.27. The van der Waals surface area contributed by atoms with Gasteiger partial charge in [0.15, 0.2) is 0 Å². The van der Waals surface area contributed by atoms with E-state index in [-0.39, 0.29) is 0 Å². The zero-order valence-corrected chi connectivity index (χ0v) is 9.85. The predicted molar refractivity (Wildman–Crippen MR) is 65.9 cm³/mol. The van der Waals surface area contributed by atoms with Gasteiger partial charge in [0.05, 0.1) is 10.7 Å². The molecule has 1 aromatic carbocycles. The average Bonchev–Trinajstić information content (AvgIpc) is 2.29. The van der Waals surface area contributed by atoms with Crippen molar-refractivity contribution in [1.82, 2.24) is 5.32 Å². The predicted octanol–water partition coefficient (Wildman–Crippen LogP) is 2.31. The van der Waals surface area contributed by atoms with Crippen LogP contribution in [0.3, 0.4) is 0 Å². The van der Waals surface area contributed by atoms with Crippen molar-refractivity contribution in [3.8, 4) is 0 Å². The van der Waals surface area contributed by atoms with E-state index >= 15 is 0 Å². The Morgan fingerprint density at radius 1 is 1.33 bits per heavy atom. The highest BCUT2D eigenvalue weighted by Gasteiger charge is 2.15. The summed E-state index contributed by atoms with van der Waals surface area (Å²) in [4.78, 5) is 2.39. The first-order valence-corrected chi connectivity index (χ1v) is 5.93. The number of nitrogens with one attached hydrogen (secondary N) is 1. The molecule has 0 bridgehead atoms. The summed E-state index contributed by atoms with van der Waals surface area (Å²) in [6, 6.07) is 6.19. The number of hydrogen-bond donors (Lipinski definition) is 1. The number of benzene rings is 1. The Balaban J connectivity index is 2.31. The van der Waals surface area contributed by atoms with E-state index in [1.54, 1.807) is 0 Å². The first-order chi connectivity index (χ1) is 7.33. The van der Waals surface area contributed by atoms with Crippen molar-refractivity contribution >= 4 is 17.3 Å². The van der Waals surface area contributed by atoms with Crippen LogP contribution in [-0.2, 0) is 6.42 Å². The van der Waals surface area contributed by atoms with Crippen molar-refractivity contribution in [2.45, 2.75) is 13.3 Å². The number of nitrogens with zero attached hydrogens (tertiary/aromatic N) is 1. The number of para-hydroxylation sites is 1. The first-order valence-electron chi connectivity index (χ1n) is 5.56. The zero-order chi connectivity index (χ0) is 10.7. The van der Waals surface area contributed by atoms with Crippen molar-refractivity contribution < 1.29 is 0 Å². The van der Waals surface area contributed by atoms with Gasteiger partial charge >= 0.3 is 0 Å². The van der Waals surface area contributed by atoms with E-state index < -0.39 is 0 Å². The van der Waals surface area contributed by atoms with Crippen LogP contribution in [0.25, 0.3) is 0 Å². The molecule has 0 saturated carbocycles. The van der Waals surface area contributed by atoms with Crippen molar-refractivity contribution in [2.24, 2.45) is 0 Å². The van der Waals surface area contributed by atoms with E-state index in [1.807, 2.05) is 12.1 Å². The second-order valence-corrected chi connectivity index (χ2v) is 4.25. The Bertz CT molecular complexity index is 332. The lowest BCUT2D eigenvalue weighted by Gasteiger charge is -2.31. The highest BCUT2D eigenvalue weighted by molar-refractivity contribution is 6.33. The largest absolute Gasteiger partial charge is 0.368 e. The molecule has 0 radical (unpaired) electrons. The van der Waals surface area contributed by atoms with Crippen LogP contribution < -0.4 is 10.2 Å². The molecule has 1 aliphatic heterocycles. The third-order valence-electron chi connectivity index (χ3n) is 2.88. The highest BCUT2D eigenvalue weighted by atomic mass is 35.5. The lowest BCUT2D eigenvalue weighted by Crippen LogP contribution is -2.44. The van der Waals surface area contributed by atoms with Crippen molar-refractivity contribution in [1.29, 1.82) is 0 Å². The first kappa shape index (κ1) is 10.8. The fourth-order valence-corrected chi connectivity index (χ4v) is 2.40. The molecule has 1 N–H and O–H groups in total. The van der Waals surface area contributed by atoms with Crippen LogP contribution in [0.15, 0.2) is 18.2 Å². The van der Waals surface area contributed by atoms with Gasteiger partial charge < -0.3 is 10.2 Å². The molecule has 0 spiro atoms. The molecule has 0 aliphatic carbocycles. The summed E-state index contributed by atoms with van der Waals surface area (Å²) in [6.07, 6.45) is 1.04. The maximum absolute atomic E-state index is 6.28. The van der Waals surface area contributed by atoms with E-state index in [9.17, 15) is 0 Å². The summed E-state index contributed by atoms with van der Waals surface area (Å²) < 4.78 is 0. The number of rotatable bonds is 2. The topological polar surface area (TPSA) is 15.3 Å². The Labute approximate surface area is 96.2 Å². The van der Waals surface area contributed by atoms with Crippen LogP contribution in [-0.4, -0.2) is 26.2 Å². The van der Waals surface area contributed by atoms with Crippen molar-refractivity contribution in [3.63, 3.8) is 0 Å². The molecule has 0 amide bonds. The number of piperazine rings is 1. The van der Waals surface area contributed by atoms with Crippen molar-refractivity contribution in [2.75, 3.05) is 31.1 Å². The summed E-state index contributed by atoms with van der Waals surface area (Å²) in [5.41, 5.74) is 2.59. The third-order valence-corrected chi connectivity index (χ3v) is 3.19. The number of aryl methyl sites for hydroxylation is 1. The van der Waals surface area contributed by atoms with Gasteiger partial charge in [0.1, 0.15) is 0 Å². The second kappa shape index (κ2) is 4.86. The van der Waals surface area contributed by atoms with Gasteiger partial charge in [-0.25, -0.2) is 0 Å². The number of hydrogen-bond acceptors (Lipinski definition) is 2. The van der Waals surface area contributed by atoms with Crippen LogP contribution in [0.5, 0.6) is 0 Å². The molecule has 1 aromatic rings. The van der Waals surface area contributed by atoms with Crippen LogP contribution in [0, 0.1) is 0 Å². The molecule has 1 aliphatic rings. The maximum atomic E-state index is 6.28. The van der Waals surface area contributed by atoms with Gasteiger partial charge in [-0.3, -0.25) is 0 Å². The second-order valence-electron chi connectivity index (χ2n) is 3.84. The molecule has 15 heavy (non-hydrogen) atoms. The number of halogens is 1. The normalized spacial score (nSPS) is 16.8. The SMILES string of the molecule is CCc1cccc(Cl)c1N1CCNCC1. The van der Waals surface area contributed by atoms with Gasteiger partial charge in [-0.2, -0.15) is 0 Å². The van der Waals surface area contributed by atoms with Gasteiger partial charge in [0.25, 0.3) is 0 Å². The van der Waals surface area contributed by atoms with Crippen LogP contribution >= 0.6 is 11.6 Å². The molecular weight excluding hydrogens is 208 g/mol. The standard InChI is InChI=1S/C12H17ClN2/c1-2-10-4-3-5-11(13)12(10)15-8-6-14-7-9-15/h3-5,14H,2,6-9H2,1H3. The van der Waals surface area contributed by atoms with Gasteiger partial charge in [-0.15, -0.1) is 0 Å². The molecule has 2 rings (SSSR count). The molecular formula is C12H17ClN2. The number of anilines is 1. The summed E-state index contributed by atoms with van der Waals surface area (Å²) in [6.45, 7) is 6.38. The molecule has 1 fully saturated rings. The molecule has 82 valence electrons. The van der Waals surface area contributed by atoms with Crippen LogP contribution in [0.1, 0.15) is 12.5 Å². The quantitative estimate of drug-likeness (QED) is 0.830. The van der Waals surface area contributed by atoms with Gasteiger partial charge in [0.2, 0.25) is 0 Å². The van der Waals surface area contributed by atoms with E-state index in [0.717, 1.165) is 37.6 Å². The fraction of sp³-hybridized carbons (Fsp3) is 0.500. The summed E-state index contributed by atoms with van der Waals surface area (Å²) >= 11 is 6.28. The summed E-state index contributed by atoms with van der Waals surface area (Å²) in [5, 5.41) is 4.24. The van der Waals surface area contributed by atoms with Gasteiger partial charge in [-0.05, 0) is 18.1 Å². The molecule has 0 aromatic heterocycles. The smallest absolute Gasteiger partial charge is 0.0642 e. The Kier molecular flexibility index (Phi) is 3.49. The average molecular weight is 225 g/mol. The minimum Gasteiger partial charge on any atom is -0.368 e. The maximum Gasteiger partial charge on any atom is 0.0642 e. The Hall–Kier alpha value is -0.730. The summed E-state index contributed by atoms with van der Waals surface area (Å²) in [7, 11) is 0. The van der Waals surface area contributed by atoms with E-state index in [4.69, 9.17) is 11.6 Å². The monoisotopic (exact) mass is 224 g/mol. The molecule has 1 saturated heterocycles. The van der Waals surface area contributed by atoms with Crippen LogP contribution in [0.4, 0.5) is 5.69 Å². The van der Waals surface area contributed by atoms with E-state index in [1.165, 1.54) is 11.3 Å². The summed E-state index contributed by atoms with van der Waals surface area (Å²) in [5.74, 6) is 0.